The number of hydrogen-bond acceptors (Lipinski definition) is 29. The van der Waals surface area contributed by atoms with E-state index in [2.05, 4.69) is 42.5 Å². The molecule has 1 fully saturated rings. The van der Waals surface area contributed by atoms with Gasteiger partial charge < -0.3 is 111 Å². The van der Waals surface area contributed by atoms with Crippen LogP contribution >= 0.6 is 11.8 Å². The van der Waals surface area contributed by atoms with Gasteiger partial charge in [0.25, 0.3) is 11.8 Å². The number of aromatic amines is 1. The van der Waals surface area contributed by atoms with Gasteiger partial charge in [-0.25, -0.2) is 0 Å². The number of phenolic OH excluding ortho intramolecular Hbond substituents is 1. The Bertz CT molecular complexity index is 3440. The summed E-state index contributed by atoms with van der Waals surface area (Å²) < 4.78 is 65.7. The number of nitrogens with zero attached hydrogens (tertiary/aromatic N) is 3. The number of hydrazine groups is 2. The molecular weight excluding hydrogens is 1460 g/mol. The highest BCUT2D eigenvalue weighted by atomic mass is 32.2. The molecule has 11 atom stereocenters. The molecule has 1 aromatic carbocycles. The lowest BCUT2D eigenvalue weighted by Crippen LogP contribution is -2.60. The number of thioether (sulfide) groups is 1. The quantitative estimate of drug-likeness (QED) is 0.0221. The molecule has 2 aromatic rings. The summed E-state index contributed by atoms with van der Waals surface area (Å²) >= 11 is 1.36. The molecule has 7 rings (SSSR count). The van der Waals surface area contributed by atoms with Crippen LogP contribution in [0.15, 0.2) is 41.2 Å². The maximum absolute atomic E-state index is 15.3. The number of amides is 9. The van der Waals surface area contributed by atoms with Gasteiger partial charge in [0.1, 0.15) is 28.9 Å². The number of carbonyl (C=O) groups is 11. The Kier molecular flexibility index (Phi) is 37.4. The van der Waals surface area contributed by atoms with Crippen molar-refractivity contribution in [2.24, 2.45) is 29.4 Å². The first-order valence-electron chi connectivity index (χ1n) is 36.1. The summed E-state index contributed by atoms with van der Waals surface area (Å²) in [4.78, 5) is 156. The van der Waals surface area contributed by atoms with Crippen LogP contribution in [-0.4, -0.2) is 315 Å². The van der Waals surface area contributed by atoms with Gasteiger partial charge in [-0.15, -0.1) is 5.53 Å². The second kappa shape index (κ2) is 46.1. The third-order valence-corrected chi connectivity index (χ3v) is 20.8. The van der Waals surface area contributed by atoms with E-state index in [9.17, 15) is 73.2 Å². The lowest BCUT2D eigenvalue weighted by atomic mass is 9.85. The molecule has 1 saturated heterocycles. The van der Waals surface area contributed by atoms with Gasteiger partial charge in [0.15, 0.2) is 11.6 Å². The number of Topliss-reactive ketones (excluding diaryl/α,β-unsaturated/α-hetero) is 2. The number of ketones is 2. The summed E-state index contributed by atoms with van der Waals surface area (Å²) in [6.45, 7) is 9.21. The lowest BCUT2D eigenvalue weighted by Gasteiger charge is -2.32. The first-order valence-corrected chi connectivity index (χ1v) is 38.5. The SMILES string of the molecule is CC[C@H](C)[C@@H]1CC(=O)CNC(=O)[C@H]2CC(=O)[C@H]([C@@H](C)[C@@H](O)CO)NC(=O)[C@@H]3C[C@@H](O)CN3C(=O)[C@H](CC(N)=O)NC(=O)[C@H](CS(=O)c3[nH]c4c(CSCCOCCOCCOCCOCCOCCOCCOCCOCCOCCN5C=C(CN6C(=O)C=CC6=O)NN5)c(O)ccc4c3C2)NC(=O)CNC1=O. The highest BCUT2D eigenvalue weighted by molar-refractivity contribution is 7.98. The summed E-state index contributed by atoms with van der Waals surface area (Å²) in [6, 6.07) is -4.16. The molecule has 9 amide bonds. The second-order valence-corrected chi connectivity index (χ2v) is 28.8. The number of carbonyl (C=O) groups excluding carboxylic acids is 11. The van der Waals surface area contributed by atoms with E-state index >= 15 is 4.21 Å². The Morgan fingerprint density at radius 1 is 0.713 bits per heavy atom. The van der Waals surface area contributed by atoms with Crippen LogP contribution in [0.4, 0.5) is 0 Å². The van der Waals surface area contributed by atoms with E-state index in [0.717, 1.165) is 9.80 Å². The number of phenols is 1. The number of aromatic nitrogens is 1. The van der Waals surface area contributed by atoms with Crippen molar-refractivity contribution in [3.05, 3.63) is 47.3 Å². The van der Waals surface area contributed by atoms with Crippen molar-refractivity contribution in [3.8, 4) is 5.75 Å². The standard InChI is InChI=1S/C69H104N12O25S2/c1-4-42(2)49-31-46(83)34-71-64(92)44-29-50-48-5-6-55(85)51(40-107-28-27-106-26-25-105-24-23-104-22-21-103-20-19-102-18-17-101-16-15-100-14-13-99-12-11-98-10-9-79-36-45(77-78-79)37-81-60(90)7-8-61(81)91)63(48)76-68(50)108(97)41-53(73-59(89)35-72-65(49)93)66(94)74-52(33-58(70)88)69(96)80-38-47(84)32-54(80)67(95)75-62(56(86)30-44)43(3)57(87)39-82/h5-8,36,42-44,47,49,52-54,57,62,76-78,82,84-85,87H,4,9-35,37-41H2,1-3H3,(H2,70,88)(H,71,92)(H,72,93)(H,73,89)(H,74,94)(H,75,95)/t42-,43-,44+,47+,49-,52-,53-,54-,57-,62-,108?/m0/s1. The zero-order valence-corrected chi connectivity index (χ0v) is 62.7. The minimum Gasteiger partial charge on any atom is -0.508 e. The van der Waals surface area contributed by atoms with Crippen LogP contribution in [0.5, 0.6) is 5.75 Å². The second-order valence-electron chi connectivity index (χ2n) is 26.3. The Balaban J connectivity index is 0.867. The van der Waals surface area contributed by atoms with Crippen molar-refractivity contribution in [1.29, 1.82) is 0 Å². The molecular formula is C69H104N12O25S2. The van der Waals surface area contributed by atoms with Crippen LogP contribution in [-0.2, 0) is 118 Å². The topological polar surface area (TPSA) is 505 Å². The minimum atomic E-state index is -2.45. The molecule has 602 valence electrons. The Morgan fingerprint density at radius 2 is 1.29 bits per heavy atom. The fourth-order valence-corrected chi connectivity index (χ4v) is 14.5. The molecule has 0 spiro atoms. The number of nitrogens with one attached hydrogen (secondary N) is 8. The van der Waals surface area contributed by atoms with E-state index in [-0.39, 0.29) is 65.8 Å². The molecule has 1 aromatic heterocycles. The predicted molar refractivity (Wildman–Crippen MR) is 385 cm³/mol. The summed E-state index contributed by atoms with van der Waals surface area (Å²) in [5, 5.41) is 57.9. The molecule has 0 radical (unpaired) electrons. The molecule has 14 N–H and O–H groups in total. The van der Waals surface area contributed by atoms with Gasteiger partial charge in [0.2, 0.25) is 41.4 Å². The number of benzene rings is 1. The number of H-pyrrole nitrogens is 1. The molecule has 5 aliphatic rings. The maximum atomic E-state index is 15.3. The van der Waals surface area contributed by atoms with Crippen molar-refractivity contribution in [1.82, 2.24) is 57.3 Å². The summed E-state index contributed by atoms with van der Waals surface area (Å²) in [7, 11) is -2.45. The van der Waals surface area contributed by atoms with Gasteiger partial charge in [-0.3, -0.25) is 66.9 Å². The molecule has 39 heteroatoms. The zero-order valence-electron chi connectivity index (χ0n) is 61.1. The van der Waals surface area contributed by atoms with Crippen LogP contribution in [0, 0.1) is 23.7 Å². The monoisotopic (exact) mass is 1560 g/mol. The first-order chi connectivity index (χ1) is 52.0. The Morgan fingerprint density at radius 3 is 1.86 bits per heavy atom. The molecule has 6 heterocycles. The highest BCUT2D eigenvalue weighted by Gasteiger charge is 2.45. The highest BCUT2D eigenvalue weighted by Crippen LogP contribution is 2.37. The predicted octanol–water partition coefficient (Wildman–Crippen LogP) is -4.27. The van der Waals surface area contributed by atoms with E-state index in [1.165, 1.54) is 43.0 Å². The van der Waals surface area contributed by atoms with Crippen LogP contribution in [0.1, 0.15) is 64.0 Å². The van der Waals surface area contributed by atoms with Crippen molar-refractivity contribution in [3.63, 3.8) is 0 Å². The number of fused-ring (bicyclic) bond motifs is 5. The number of aromatic hydroxyl groups is 1. The number of hydrogen-bond donors (Lipinski definition) is 13. The van der Waals surface area contributed by atoms with Gasteiger partial charge in [-0.2, -0.15) is 11.8 Å². The van der Waals surface area contributed by atoms with Crippen molar-refractivity contribution in [2.75, 3.05) is 170 Å². The third kappa shape index (κ3) is 27.7. The number of rotatable bonds is 41. The van der Waals surface area contributed by atoms with Crippen LogP contribution in [0.25, 0.3) is 10.9 Å². The number of ether oxygens (including phenoxy) is 9. The lowest BCUT2D eigenvalue weighted by molar-refractivity contribution is -0.144. The number of primary amides is 1. The largest absolute Gasteiger partial charge is 0.508 e. The number of imide groups is 1. The van der Waals surface area contributed by atoms with Crippen LogP contribution < -0.4 is 43.3 Å². The number of nitrogens with two attached hydrogens (primary N) is 1. The Hall–Kier alpha value is -7.61. The average molecular weight is 1570 g/mol. The summed E-state index contributed by atoms with van der Waals surface area (Å²) in [6.07, 6.45) is -1.24. The Labute approximate surface area is 631 Å². The average Bonchev–Trinajstić information content (AvgIpc) is 1.61. The molecule has 37 nitrogen and oxygen atoms in total. The van der Waals surface area contributed by atoms with Crippen molar-refractivity contribution in [2.45, 2.75) is 106 Å². The van der Waals surface area contributed by atoms with Crippen molar-refractivity contribution < 1.29 is 120 Å². The van der Waals surface area contributed by atoms with E-state index in [1.54, 1.807) is 25.1 Å². The molecule has 5 aliphatic heterocycles. The van der Waals surface area contributed by atoms with E-state index in [4.69, 9.17) is 48.4 Å². The van der Waals surface area contributed by atoms with E-state index < -0.39 is 188 Å². The van der Waals surface area contributed by atoms with Gasteiger partial charge >= 0.3 is 0 Å². The summed E-state index contributed by atoms with van der Waals surface area (Å²) in [5.41, 5.74) is 12.8. The maximum Gasteiger partial charge on any atom is 0.253 e. The summed E-state index contributed by atoms with van der Waals surface area (Å²) in [5.74, 6) is -13.9. The number of aliphatic hydroxyl groups excluding tert-OH is 3. The number of aliphatic hydroxyl groups is 3. The van der Waals surface area contributed by atoms with E-state index in [0.29, 0.717) is 134 Å². The smallest absolute Gasteiger partial charge is 0.253 e. The van der Waals surface area contributed by atoms with Gasteiger partial charge in [-0.1, -0.05) is 27.2 Å². The van der Waals surface area contributed by atoms with Gasteiger partial charge in [0, 0.05) is 84.4 Å². The normalized spacial score (nSPS) is 23.2. The molecule has 108 heavy (non-hydrogen) atoms. The fraction of sp³-hybridized carbons (Fsp3) is 0.667. The molecule has 1 unspecified atom stereocenters. The molecule has 0 aliphatic carbocycles. The molecule has 2 bridgehead atoms. The van der Waals surface area contributed by atoms with Crippen LogP contribution in [0.3, 0.4) is 0 Å². The zero-order chi connectivity index (χ0) is 78.1. The van der Waals surface area contributed by atoms with Crippen molar-refractivity contribution >= 4 is 98.2 Å². The fourth-order valence-electron chi connectivity index (χ4n) is 12.2. The van der Waals surface area contributed by atoms with E-state index in [1.807, 2.05) is 0 Å². The van der Waals surface area contributed by atoms with Crippen LogP contribution in [0.2, 0.25) is 0 Å². The van der Waals surface area contributed by atoms with Gasteiger partial charge in [-0.05, 0) is 30.0 Å². The first kappa shape index (κ1) is 87.6. The minimum absolute atomic E-state index is 0.122. The molecule has 0 saturated carbocycles. The third-order valence-electron chi connectivity index (χ3n) is 18.4. The van der Waals surface area contributed by atoms with Gasteiger partial charge in [0.05, 0.1) is 204 Å².